The van der Waals surface area contributed by atoms with Gasteiger partial charge in [0.25, 0.3) is 0 Å². The van der Waals surface area contributed by atoms with Gasteiger partial charge < -0.3 is 25.4 Å². The Morgan fingerprint density at radius 2 is 1.76 bits per heavy atom. The Hall–Kier alpha value is -3.05. The second kappa shape index (κ2) is 16.0. The number of carbonyl (C=O) groups is 3. The molecule has 0 saturated carbocycles. The predicted octanol–water partition coefficient (Wildman–Crippen LogP) is 4.55. The largest absolute Gasteiger partial charge is 0.444 e. The molecular formula is C30H47N3O5. The van der Waals surface area contributed by atoms with Gasteiger partial charge in [-0.15, -0.1) is 6.42 Å². The maximum absolute atomic E-state index is 14.0. The third-order valence-electron chi connectivity index (χ3n) is 6.08. The molecule has 8 nitrogen and oxygen atoms in total. The highest BCUT2D eigenvalue weighted by molar-refractivity contribution is 5.92. The first kappa shape index (κ1) is 33.0. The smallest absolute Gasteiger partial charge is 0.408 e. The molecule has 0 aliphatic carbocycles. The van der Waals surface area contributed by atoms with Crippen molar-refractivity contribution in [1.82, 2.24) is 15.5 Å². The van der Waals surface area contributed by atoms with E-state index in [1.807, 2.05) is 6.92 Å². The Bertz CT molecular complexity index is 948. The van der Waals surface area contributed by atoms with E-state index >= 15 is 0 Å². The summed E-state index contributed by atoms with van der Waals surface area (Å²) < 4.78 is 5.31. The number of terminal acetylenes is 1. The normalized spacial score (nSPS) is 13.7. The minimum atomic E-state index is -1.31. The number of hydrogen-bond acceptors (Lipinski definition) is 5. The van der Waals surface area contributed by atoms with Crippen molar-refractivity contribution >= 4 is 17.9 Å². The monoisotopic (exact) mass is 529 g/mol. The molecule has 3 unspecified atom stereocenters. The summed E-state index contributed by atoms with van der Waals surface area (Å²) in [5.74, 6) is 2.06. The van der Waals surface area contributed by atoms with Gasteiger partial charge >= 0.3 is 6.09 Å². The molecule has 0 bridgehead atoms. The molecule has 3 amide bonds. The van der Waals surface area contributed by atoms with E-state index < -0.39 is 42.3 Å². The Morgan fingerprint density at radius 3 is 2.32 bits per heavy atom. The van der Waals surface area contributed by atoms with E-state index in [-0.39, 0.29) is 5.91 Å². The van der Waals surface area contributed by atoms with Crippen molar-refractivity contribution in [3.8, 4) is 12.3 Å². The van der Waals surface area contributed by atoms with Gasteiger partial charge in [-0.2, -0.15) is 0 Å². The lowest BCUT2D eigenvalue weighted by atomic mass is 9.94. The zero-order chi connectivity index (χ0) is 28.9. The summed E-state index contributed by atoms with van der Waals surface area (Å²) in [5.41, 5.74) is 0.224. The van der Waals surface area contributed by atoms with E-state index in [0.717, 1.165) is 25.7 Å². The average Bonchev–Trinajstić information content (AvgIpc) is 2.85. The zero-order valence-electron chi connectivity index (χ0n) is 24.2. The van der Waals surface area contributed by atoms with Crippen molar-refractivity contribution in [3.63, 3.8) is 0 Å². The molecule has 38 heavy (non-hydrogen) atoms. The molecule has 1 rings (SSSR count). The number of alkyl carbamates (subject to hydrolysis) is 1. The number of nitrogens with one attached hydrogen (secondary N) is 2. The highest BCUT2D eigenvalue weighted by atomic mass is 16.6. The van der Waals surface area contributed by atoms with Crippen LogP contribution in [0.4, 0.5) is 4.79 Å². The molecule has 0 aliphatic rings. The van der Waals surface area contributed by atoms with Crippen LogP contribution in [-0.2, 0) is 14.3 Å². The van der Waals surface area contributed by atoms with Gasteiger partial charge in [0.05, 0.1) is 6.61 Å². The molecule has 0 aliphatic heterocycles. The lowest BCUT2D eigenvalue weighted by molar-refractivity contribution is -0.146. The standard InChI is InChI=1S/C30H47N3O5/c1-9-11-14-19-31-27(35)26(24-16-13-12-15-23(24)10-2)33(22(5)18-17-21(3)4)28(36)25(20-34)32-29(37)38-30(6,7)8/h2,12-13,15-16,21-22,25-26,34H,9,11,14,17-20H2,1,3-8H3,(H,31,35)(H,32,37). The summed E-state index contributed by atoms with van der Waals surface area (Å²) in [6, 6.07) is 4.29. The van der Waals surface area contributed by atoms with Gasteiger partial charge in [-0.25, -0.2) is 4.79 Å². The van der Waals surface area contributed by atoms with E-state index in [4.69, 9.17) is 11.2 Å². The van der Waals surface area contributed by atoms with Crippen molar-refractivity contribution in [3.05, 3.63) is 35.4 Å². The number of amides is 3. The van der Waals surface area contributed by atoms with Crippen molar-refractivity contribution in [2.45, 2.75) is 104 Å². The molecule has 0 fully saturated rings. The molecule has 0 heterocycles. The van der Waals surface area contributed by atoms with E-state index in [9.17, 15) is 19.5 Å². The number of ether oxygens (including phenoxy) is 1. The first-order valence-electron chi connectivity index (χ1n) is 13.6. The summed E-state index contributed by atoms with van der Waals surface area (Å²) in [7, 11) is 0. The van der Waals surface area contributed by atoms with Gasteiger partial charge in [-0.05, 0) is 64.5 Å². The zero-order valence-corrected chi connectivity index (χ0v) is 24.2. The minimum Gasteiger partial charge on any atom is -0.444 e. The quantitative estimate of drug-likeness (QED) is 0.242. The maximum atomic E-state index is 14.0. The van der Waals surface area contributed by atoms with Gasteiger partial charge in [0.15, 0.2) is 0 Å². The van der Waals surface area contributed by atoms with Crippen LogP contribution in [0.25, 0.3) is 0 Å². The number of hydrogen-bond donors (Lipinski definition) is 3. The minimum absolute atomic E-state index is 0.359. The summed E-state index contributed by atoms with van der Waals surface area (Å²) in [6.45, 7) is 13.1. The highest BCUT2D eigenvalue weighted by Crippen LogP contribution is 2.29. The fourth-order valence-corrected chi connectivity index (χ4v) is 4.10. The molecule has 1 aromatic rings. The molecule has 3 N–H and O–H groups in total. The Kier molecular flexibility index (Phi) is 13.9. The average molecular weight is 530 g/mol. The number of aliphatic hydroxyl groups excluding tert-OH is 1. The molecule has 1 aromatic carbocycles. The van der Waals surface area contributed by atoms with Crippen molar-refractivity contribution in [2.24, 2.45) is 5.92 Å². The first-order chi connectivity index (χ1) is 17.9. The number of carbonyl (C=O) groups excluding carboxylic acids is 3. The van der Waals surface area contributed by atoms with Crippen LogP contribution >= 0.6 is 0 Å². The third kappa shape index (κ3) is 10.7. The van der Waals surface area contributed by atoms with Crippen LogP contribution < -0.4 is 10.6 Å². The van der Waals surface area contributed by atoms with Crippen LogP contribution in [0.3, 0.4) is 0 Å². The number of unbranched alkanes of at least 4 members (excludes halogenated alkanes) is 2. The van der Waals surface area contributed by atoms with Crippen molar-refractivity contribution in [1.29, 1.82) is 0 Å². The fraction of sp³-hybridized carbons (Fsp3) is 0.633. The van der Waals surface area contributed by atoms with Crippen molar-refractivity contribution in [2.75, 3.05) is 13.2 Å². The topological polar surface area (TPSA) is 108 Å². The number of benzene rings is 1. The van der Waals surface area contributed by atoms with Crippen LogP contribution in [0, 0.1) is 18.3 Å². The van der Waals surface area contributed by atoms with E-state index in [1.165, 1.54) is 4.90 Å². The molecule has 0 spiro atoms. The molecular weight excluding hydrogens is 482 g/mol. The number of aliphatic hydroxyl groups is 1. The van der Waals surface area contributed by atoms with Gasteiger partial charge in [-0.3, -0.25) is 9.59 Å². The van der Waals surface area contributed by atoms with Crippen LogP contribution in [0.1, 0.15) is 97.7 Å². The second-order valence-corrected chi connectivity index (χ2v) is 11.1. The molecule has 0 radical (unpaired) electrons. The van der Waals surface area contributed by atoms with Crippen LogP contribution in [-0.4, -0.2) is 58.8 Å². The first-order valence-corrected chi connectivity index (χ1v) is 13.6. The lowest BCUT2D eigenvalue weighted by Crippen LogP contribution is -2.56. The maximum Gasteiger partial charge on any atom is 0.408 e. The second-order valence-electron chi connectivity index (χ2n) is 11.1. The molecule has 3 atom stereocenters. The van der Waals surface area contributed by atoms with E-state index in [0.29, 0.717) is 30.0 Å². The van der Waals surface area contributed by atoms with E-state index in [2.05, 4.69) is 37.3 Å². The van der Waals surface area contributed by atoms with Gasteiger partial charge in [-0.1, -0.05) is 57.7 Å². The Balaban J connectivity index is 3.55. The Morgan fingerprint density at radius 1 is 1.11 bits per heavy atom. The summed E-state index contributed by atoms with van der Waals surface area (Å²) in [4.78, 5) is 41.7. The van der Waals surface area contributed by atoms with Crippen LogP contribution in [0.2, 0.25) is 0 Å². The summed E-state index contributed by atoms with van der Waals surface area (Å²) in [5, 5.41) is 15.6. The van der Waals surface area contributed by atoms with Gasteiger partial charge in [0.1, 0.15) is 17.7 Å². The molecule has 8 heteroatoms. The Labute approximate surface area is 228 Å². The van der Waals surface area contributed by atoms with Gasteiger partial charge in [0, 0.05) is 18.2 Å². The highest BCUT2D eigenvalue weighted by Gasteiger charge is 2.39. The lowest BCUT2D eigenvalue weighted by Gasteiger charge is -2.38. The third-order valence-corrected chi connectivity index (χ3v) is 6.08. The summed E-state index contributed by atoms with van der Waals surface area (Å²) >= 11 is 0. The SMILES string of the molecule is C#Cc1ccccc1C(C(=O)NCCCCC)N(C(=O)C(CO)NC(=O)OC(C)(C)C)C(C)CCC(C)C. The van der Waals surface area contributed by atoms with Crippen LogP contribution in [0.5, 0.6) is 0 Å². The molecule has 212 valence electrons. The van der Waals surface area contributed by atoms with Crippen molar-refractivity contribution < 1.29 is 24.2 Å². The predicted molar refractivity (Wildman–Crippen MR) is 150 cm³/mol. The number of rotatable bonds is 14. The van der Waals surface area contributed by atoms with Gasteiger partial charge in [0.2, 0.25) is 11.8 Å². The van der Waals surface area contributed by atoms with E-state index in [1.54, 1.807) is 45.0 Å². The number of nitrogens with zero attached hydrogens (tertiary/aromatic N) is 1. The summed E-state index contributed by atoms with van der Waals surface area (Å²) in [6.07, 6.45) is 9.17. The van der Waals surface area contributed by atoms with Crippen LogP contribution in [0.15, 0.2) is 24.3 Å². The molecule has 0 aromatic heterocycles. The molecule has 0 saturated heterocycles. The fourth-order valence-electron chi connectivity index (χ4n) is 4.10.